The fourth-order valence-corrected chi connectivity index (χ4v) is 10.4. The lowest BCUT2D eigenvalue weighted by Crippen LogP contribution is -2.64. The lowest BCUT2D eigenvalue weighted by atomic mass is 9.96. The summed E-state index contributed by atoms with van der Waals surface area (Å²) in [5, 5.41) is 111. The molecule has 3 fully saturated rings. The van der Waals surface area contributed by atoms with E-state index in [1.165, 1.54) is 45.4 Å². The van der Waals surface area contributed by atoms with Crippen LogP contribution in [0.2, 0.25) is 0 Å². The molecule has 4 rings (SSSR count). The summed E-state index contributed by atoms with van der Waals surface area (Å²) in [6, 6.07) is -10.5. The number of hydrogen-bond donors (Lipinski definition) is 16. The van der Waals surface area contributed by atoms with Gasteiger partial charge in [-0.2, -0.15) is 8.42 Å². The molecule has 3 aliphatic rings. The van der Waals surface area contributed by atoms with Gasteiger partial charge in [0.05, 0.1) is 30.8 Å². The molecule has 0 spiro atoms. The summed E-state index contributed by atoms with van der Waals surface area (Å²) in [4.78, 5) is 113. The zero-order valence-corrected chi connectivity index (χ0v) is 46.5. The minimum absolute atomic E-state index is 0.114. The molecule has 0 bridgehead atoms. The summed E-state index contributed by atoms with van der Waals surface area (Å²) in [6.07, 6.45) is -6.43. The summed E-state index contributed by atoms with van der Waals surface area (Å²) in [6.45, 7) is 3.39. The number of nitrogens with one attached hydrogen (secondary N) is 5. The number of aliphatic hydroxyl groups excluding tert-OH is 8. The number of hydrogen-bond acceptors (Lipinski definition) is 20. The lowest BCUT2D eigenvalue weighted by Gasteiger charge is -2.34. The van der Waals surface area contributed by atoms with Gasteiger partial charge in [-0.1, -0.05) is 97.0 Å². The first-order chi connectivity index (χ1) is 38.1. The van der Waals surface area contributed by atoms with Crippen LogP contribution in [-0.2, 0) is 48.8 Å². The van der Waals surface area contributed by atoms with E-state index >= 15 is 0 Å². The number of nitrogens with two attached hydrogens (primary N) is 1. The van der Waals surface area contributed by atoms with Crippen molar-refractivity contribution in [3.8, 4) is 11.5 Å². The average molecular weight is 1180 g/mol. The van der Waals surface area contributed by atoms with Crippen molar-refractivity contribution in [1.29, 1.82) is 0 Å². The van der Waals surface area contributed by atoms with Crippen molar-refractivity contribution in [1.82, 2.24) is 36.4 Å². The second-order valence-electron chi connectivity index (χ2n) is 21.3. The number of aromatic hydroxyl groups is 1. The number of benzene rings is 1. The maximum Gasteiger partial charge on any atom is 0.446 e. The number of carbonyl (C=O) groups is 8. The maximum absolute atomic E-state index is 14.6. The van der Waals surface area contributed by atoms with Crippen LogP contribution < -0.4 is 36.5 Å². The number of phenolic OH excluding ortho intramolecular Hbond substituents is 1. The van der Waals surface area contributed by atoms with Crippen LogP contribution in [0, 0.1) is 5.92 Å². The third kappa shape index (κ3) is 19.9. The van der Waals surface area contributed by atoms with Crippen molar-refractivity contribution in [2.45, 2.75) is 215 Å². The van der Waals surface area contributed by atoms with Crippen LogP contribution in [0.5, 0.6) is 11.5 Å². The van der Waals surface area contributed by atoms with Crippen LogP contribution in [-0.4, -0.2) is 208 Å². The van der Waals surface area contributed by atoms with E-state index < -0.39 is 198 Å². The van der Waals surface area contributed by atoms with Crippen molar-refractivity contribution < 1.29 is 101 Å². The molecule has 3 saturated heterocycles. The van der Waals surface area contributed by atoms with Crippen molar-refractivity contribution in [3.63, 3.8) is 0 Å². The van der Waals surface area contributed by atoms with E-state index in [4.69, 9.17) is 5.73 Å². The first-order valence-corrected chi connectivity index (χ1v) is 28.8. The number of nitrogens with zero attached hydrogens (tertiary/aromatic N) is 2. The number of carbonyl (C=O) groups excluding carboxylic acids is 8. The highest BCUT2D eigenvalue weighted by Gasteiger charge is 2.51. The Hall–Kier alpha value is -5.83. The van der Waals surface area contributed by atoms with Gasteiger partial charge < -0.3 is 92.3 Å². The zero-order valence-electron chi connectivity index (χ0n) is 45.7. The van der Waals surface area contributed by atoms with Gasteiger partial charge in [0.2, 0.25) is 47.3 Å². The Bertz CT molecular complexity index is 2440. The highest BCUT2D eigenvalue weighted by Crippen LogP contribution is 2.33. The van der Waals surface area contributed by atoms with Gasteiger partial charge in [-0.3, -0.25) is 42.9 Å². The molecule has 81 heavy (non-hydrogen) atoms. The molecule has 3 heterocycles. The summed E-state index contributed by atoms with van der Waals surface area (Å²) < 4.78 is 36.6. The third-order valence-corrected chi connectivity index (χ3v) is 15.0. The highest BCUT2D eigenvalue weighted by molar-refractivity contribution is 7.81. The molecule has 3 aliphatic heterocycles. The summed E-state index contributed by atoms with van der Waals surface area (Å²) in [5.74, 6) is -13.3. The van der Waals surface area contributed by atoms with Crippen LogP contribution in [0.25, 0.3) is 0 Å². The average Bonchev–Trinajstić information content (AvgIpc) is 3.94. The molecule has 1 aromatic rings. The number of amides is 8. The first kappa shape index (κ1) is 67.7. The molecule has 29 nitrogen and oxygen atoms in total. The van der Waals surface area contributed by atoms with E-state index in [1.54, 1.807) is 0 Å². The Morgan fingerprint density at radius 3 is 1.86 bits per heavy atom. The fraction of sp³-hybridized carbons (Fsp3) is 0.725. The van der Waals surface area contributed by atoms with Crippen LogP contribution in [0.1, 0.15) is 142 Å². The van der Waals surface area contributed by atoms with Crippen molar-refractivity contribution in [2.24, 2.45) is 11.7 Å². The van der Waals surface area contributed by atoms with E-state index in [9.17, 15) is 97.3 Å². The fourth-order valence-electron chi connectivity index (χ4n) is 10.1. The maximum atomic E-state index is 14.6. The number of aliphatic hydroxyl groups is 8. The van der Waals surface area contributed by atoms with Gasteiger partial charge in [-0.05, 0) is 31.0 Å². The second-order valence-corrected chi connectivity index (χ2v) is 22.3. The zero-order chi connectivity index (χ0) is 60.5. The summed E-state index contributed by atoms with van der Waals surface area (Å²) >= 11 is 0. The van der Waals surface area contributed by atoms with Crippen LogP contribution in [0.4, 0.5) is 0 Å². The van der Waals surface area contributed by atoms with Gasteiger partial charge in [-0.25, -0.2) is 0 Å². The van der Waals surface area contributed by atoms with Gasteiger partial charge in [0.25, 0.3) is 0 Å². The molecule has 7 unspecified atom stereocenters. The summed E-state index contributed by atoms with van der Waals surface area (Å²) in [7, 11) is -5.33. The normalized spacial score (nSPS) is 28.0. The van der Waals surface area contributed by atoms with E-state index in [0.717, 1.165) is 51.2 Å². The molecule has 15 atom stereocenters. The van der Waals surface area contributed by atoms with Crippen LogP contribution >= 0.6 is 0 Å². The van der Waals surface area contributed by atoms with Crippen LogP contribution in [0.3, 0.4) is 0 Å². The predicted octanol–water partition coefficient (Wildman–Crippen LogP) is -3.63. The second kappa shape index (κ2) is 31.6. The van der Waals surface area contributed by atoms with Gasteiger partial charge in [0.15, 0.2) is 17.7 Å². The van der Waals surface area contributed by atoms with Gasteiger partial charge >= 0.3 is 10.4 Å². The molecule has 0 aliphatic carbocycles. The minimum Gasteiger partial charge on any atom is -0.504 e. The standard InChI is InChI=1S/C51H82N8O21S/c1-4-5-6-7-8-9-10-11-12-13-14-15-16-17-37(66)53-30-22-34(64)47(72)57-49(74)41-42(67)26(2)24-59(41)51(76)39(33(63)23-36(52)65)55-48(73)40(44(69)43(68)28-18-19-32(62)35(20-28)80-81(77,78)79)56-46(71)31-21-29(61)25-58(31)50(75)38(27(3)60)54-45(30)70/h18-20,26-27,29-31,33-34,38-44,47,60-64,67-69,72H,4-17,21-25H2,1-3H3,(H2,52,65)(H,53,66)(H,54,70)(H,55,73)(H,56,71)(H,57,74)(H,77,78,79)/t26?,27-,29?,30+,31+,33?,34?,38+,39+,40+,41+,42?,43?,44+,47?/m1/s1. The number of fused-ring (bicyclic) bond motifs is 2. The van der Waals surface area contributed by atoms with Crippen molar-refractivity contribution in [3.05, 3.63) is 23.8 Å². The third-order valence-electron chi connectivity index (χ3n) is 14.6. The predicted molar refractivity (Wildman–Crippen MR) is 282 cm³/mol. The molecule has 8 amide bonds. The Kier molecular flexibility index (Phi) is 26.4. The molecule has 17 N–H and O–H groups in total. The number of phenols is 1. The largest absolute Gasteiger partial charge is 0.504 e. The topological polar surface area (TPSA) is 475 Å². The van der Waals surface area contributed by atoms with Crippen molar-refractivity contribution in [2.75, 3.05) is 13.1 Å². The molecule has 0 saturated carbocycles. The molecule has 30 heteroatoms. The van der Waals surface area contributed by atoms with Crippen LogP contribution in [0.15, 0.2) is 18.2 Å². The Morgan fingerprint density at radius 1 is 0.741 bits per heavy atom. The van der Waals surface area contributed by atoms with E-state index in [1.807, 2.05) is 10.6 Å². The van der Waals surface area contributed by atoms with Gasteiger partial charge in [0, 0.05) is 38.3 Å². The van der Waals surface area contributed by atoms with Crippen molar-refractivity contribution >= 4 is 57.7 Å². The summed E-state index contributed by atoms with van der Waals surface area (Å²) in [5.41, 5.74) is 4.75. The monoisotopic (exact) mass is 1170 g/mol. The quantitative estimate of drug-likeness (QED) is 0.0351. The number of unbranched alkanes of at least 4 members (excludes halogenated alkanes) is 12. The van der Waals surface area contributed by atoms with E-state index in [-0.39, 0.29) is 6.42 Å². The number of primary amides is 1. The molecule has 0 radical (unpaired) electrons. The first-order valence-electron chi connectivity index (χ1n) is 27.4. The lowest BCUT2D eigenvalue weighted by molar-refractivity contribution is -0.149. The molecule has 0 aromatic heterocycles. The molecular formula is C51H82N8O21S. The smallest absolute Gasteiger partial charge is 0.446 e. The Morgan fingerprint density at radius 2 is 1.30 bits per heavy atom. The molecular weight excluding hydrogens is 1090 g/mol. The minimum atomic E-state index is -5.33. The molecule has 1 aromatic carbocycles. The SMILES string of the molecule is CCCCCCCCCCCCCCCC(=O)N[C@H]1CC(O)C(O)NC(=O)[C@@H]2C(O)C(C)CN2C(=O)[C@H](C(O)CC(N)=O)NC(=O)[C@H]([C@H](O)C(O)c2ccc(O)c(OS(=O)(=O)O)c2)NC(=O)[C@@H]2CC(O)CN2C(=O)[C@H]([C@@H](C)O)NC1=O. The number of rotatable bonds is 24. The van der Waals surface area contributed by atoms with Gasteiger partial charge in [-0.15, -0.1) is 0 Å². The van der Waals surface area contributed by atoms with Gasteiger partial charge in [0.1, 0.15) is 54.6 Å². The highest BCUT2D eigenvalue weighted by atomic mass is 32.3. The van der Waals surface area contributed by atoms with E-state index in [2.05, 4.69) is 27.1 Å². The molecule has 458 valence electrons. The van der Waals surface area contributed by atoms with E-state index in [0.29, 0.717) is 28.7 Å². The Balaban J connectivity index is 1.74. The Labute approximate surface area is 469 Å².